The van der Waals surface area contributed by atoms with Crippen LogP contribution in [0.1, 0.15) is 48.2 Å². The van der Waals surface area contributed by atoms with Gasteiger partial charge >= 0.3 is 18.2 Å². The molecule has 1 aliphatic heterocycles. The number of benzene rings is 3. The molecule has 1 unspecified atom stereocenters. The van der Waals surface area contributed by atoms with Crippen LogP contribution in [0, 0.1) is 5.82 Å². The number of urea groups is 1. The molecular formula is C35H40F4N4O7. The molecule has 1 fully saturated rings. The summed E-state index contributed by atoms with van der Waals surface area (Å²) in [5.74, 6) is -3.91. The number of rotatable bonds is 12. The summed E-state index contributed by atoms with van der Waals surface area (Å²) in [4.78, 5) is 47.3. The number of aliphatic carboxylic acids is 1. The Kier molecular flexibility index (Phi) is 14.1. The molecule has 4 N–H and O–H groups in total. The number of halogens is 4. The van der Waals surface area contributed by atoms with Crippen molar-refractivity contribution in [2.45, 2.75) is 57.9 Å². The zero-order valence-electron chi connectivity index (χ0n) is 27.6. The van der Waals surface area contributed by atoms with E-state index in [9.17, 15) is 37.1 Å². The second kappa shape index (κ2) is 18.0. The van der Waals surface area contributed by atoms with E-state index in [0.29, 0.717) is 11.3 Å². The van der Waals surface area contributed by atoms with Crippen molar-refractivity contribution in [1.82, 2.24) is 10.6 Å². The number of ether oxygens (including phenoxy) is 1. The van der Waals surface area contributed by atoms with Crippen LogP contribution in [0.25, 0.3) is 0 Å². The molecule has 3 aromatic rings. The van der Waals surface area contributed by atoms with Crippen LogP contribution < -0.4 is 21.1 Å². The third-order valence-corrected chi connectivity index (χ3v) is 7.92. The Balaban J connectivity index is 0.000000872. The smallest absolute Gasteiger partial charge is 0.430 e. The number of carbonyl (C=O) groups excluding carboxylic acids is 4. The number of amides is 3. The summed E-state index contributed by atoms with van der Waals surface area (Å²) in [6, 6.07) is 17.9. The second-order valence-corrected chi connectivity index (χ2v) is 11.9. The van der Waals surface area contributed by atoms with Gasteiger partial charge in [0.05, 0.1) is 37.8 Å². The van der Waals surface area contributed by atoms with Gasteiger partial charge in [-0.15, -0.1) is 0 Å². The Morgan fingerprint density at radius 2 is 1.56 bits per heavy atom. The fraction of sp³-hybridized carbons (Fsp3) is 0.371. The maximum Gasteiger partial charge on any atom is 0.430 e. The van der Waals surface area contributed by atoms with E-state index in [4.69, 9.17) is 14.6 Å². The Morgan fingerprint density at radius 1 is 0.960 bits per heavy atom. The number of anilines is 1. The lowest BCUT2D eigenvalue weighted by atomic mass is 10.0. The number of nitrogens with one attached hydrogen (secondary N) is 3. The monoisotopic (exact) mass is 704 g/mol. The molecule has 270 valence electrons. The van der Waals surface area contributed by atoms with Crippen molar-refractivity contribution in [2.75, 3.05) is 31.6 Å². The lowest BCUT2D eigenvalue weighted by Gasteiger charge is -2.34. The van der Waals surface area contributed by atoms with E-state index >= 15 is 0 Å². The molecule has 0 spiro atoms. The van der Waals surface area contributed by atoms with Crippen molar-refractivity contribution >= 4 is 29.6 Å². The molecule has 0 saturated carbocycles. The van der Waals surface area contributed by atoms with Gasteiger partial charge in [-0.05, 0) is 67.4 Å². The van der Waals surface area contributed by atoms with E-state index in [1.807, 2.05) is 12.1 Å². The van der Waals surface area contributed by atoms with Crippen LogP contribution in [0.3, 0.4) is 0 Å². The number of aromatic hydroxyl groups is 1. The van der Waals surface area contributed by atoms with Crippen molar-refractivity contribution in [3.05, 3.63) is 95.3 Å². The maximum absolute atomic E-state index is 13.6. The molecule has 1 aliphatic rings. The minimum Gasteiger partial charge on any atom is -0.542 e. The third kappa shape index (κ3) is 12.4. The number of hydrogen-bond donors (Lipinski definition) is 4. The molecule has 0 aliphatic carbocycles. The zero-order valence-corrected chi connectivity index (χ0v) is 27.6. The van der Waals surface area contributed by atoms with Crippen LogP contribution in [-0.4, -0.2) is 78.0 Å². The number of nitrogens with zero attached hydrogens (tertiary/aromatic N) is 1. The van der Waals surface area contributed by atoms with E-state index in [1.165, 1.54) is 12.1 Å². The van der Waals surface area contributed by atoms with Gasteiger partial charge in [0.1, 0.15) is 30.1 Å². The fourth-order valence-corrected chi connectivity index (χ4v) is 5.68. The van der Waals surface area contributed by atoms with Gasteiger partial charge in [-0.25, -0.2) is 14.0 Å². The number of carboxylic acids is 1. The van der Waals surface area contributed by atoms with E-state index < -0.39 is 30.2 Å². The largest absolute Gasteiger partial charge is 0.542 e. The highest BCUT2D eigenvalue weighted by Crippen LogP contribution is 2.25. The maximum atomic E-state index is 13.6. The summed E-state index contributed by atoms with van der Waals surface area (Å²) >= 11 is 0. The van der Waals surface area contributed by atoms with Gasteiger partial charge in [-0.1, -0.05) is 31.2 Å². The highest BCUT2D eigenvalue weighted by molar-refractivity contribution is 5.95. The molecule has 3 aromatic carbocycles. The van der Waals surface area contributed by atoms with Gasteiger partial charge < -0.3 is 40.2 Å². The Bertz CT molecular complexity index is 1590. The average Bonchev–Trinajstić information content (AvgIpc) is 3.44. The molecule has 0 bridgehead atoms. The number of carboxylic acid groups (broad SMARTS) is 1. The molecular weight excluding hydrogens is 664 g/mol. The lowest BCUT2D eigenvalue weighted by molar-refractivity contribution is -0.930. The van der Waals surface area contributed by atoms with Crippen molar-refractivity contribution < 1.29 is 56.2 Å². The van der Waals surface area contributed by atoms with Crippen LogP contribution in [0.15, 0.2) is 72.8 Å². The first kappa shape index (κ1) is 39.3. The van der Waals surface area contributed by atoms with Gasteiger partial charge in [0.15, 0.2) is 0 Å². The molecule has 50 heavy (non-hydrogen) atoms. The standard InChI is InChI=1S/C33H39FN4O5.C2HF3O2/c1-3-18-38(21-24-5-11-26(34)12-6-24)19-17-28(22-38)35-31(40)30(20-23-7-15-29(39)16-8-23)37-33(42)36-27-13-9-25(10-14-27)32(41)43-4-2;3-2(4,5)1(6)7/h5-16,28,30H,3-4,17-22H2,1-2H3,(H3-,35,36,37,39,40,41,42);(H,6,7)/t28-,30-,38?;/m0./s1. The van der Waals surface area contributed by atoms with Gasteiger partial charge in [0, 0.05) is 24.1 Å². The van der Waals surface area contributed by atoms with Crippen molar-refractivity contribution in [2.24, 2.45) is 0 Å². The number of alkyl halides is 3. The third-order valence-electron chi connectivity index (χ3n) is 7.92. The van der Waals surface area contributed by atoms with E-state index in [1.54, 1.807) is 55.5 Å². The van der Waals surface area contributed by atoms with Crippen LogP contribution in [-0.2, 0) is 27.3 Å². The highest BCUT2D eigenvalue weighted by Gasteiger charge is 2.39. The topological polar surface area (TPSA) is 157 Å². The van der Waals surface area contributed by atoms with Gasteiger partial charge in [-0.2, -0.15) is 13.2 Å². The summed E-state index contributed by atoms with van der Waals surface area (Å²) in [5, 5.41) is 27.2. The Morgan fingerprint density at radius 3 is 2.12 bits per heavy atom. The Hall–Kier alpha value is -5.18. The van der Waals surface area contributed by atoms with Gasteiger partial charge in [0.2, 0.25) is 5.91 Å². The van der Waals surface area contributed by atoms with Crippen LogP contribution in [0.5, 0.6) is 5.75 Å². The molecule has 1 heterocycles. The minimum absolute atomic E-state index is 0.0814. The summed E-state index contributed by atoms with van der Waals surface area (Å²) in [7, 11) is 0. The summed E-state index contributed by atoms with van der Waals surface area (Å²) in [6.45, 7) is 7.45. The summed E-state index contributed by atoms with van der Waals surface area (Å²) in [6.07, 6.45) is -3.20. The minimum atomic E-state index is -5.19. The Labute approximate surface area is 286 Å². The van der Waals surface area contributed by atoms with Crippen molar-refractivity contribution in [3.8, 4) is 5.75 Å². The van der Waals surface area contributed by atoms with Crippen molar-refractivity contribution in [3.63, 3.8) is 0 Å². The molecule has 1 saturated heterocycles. The van der Waals surface area contributed by atoms with Crippen molar-refractivity contribution in [1.29, 1.82) is 0 Å². The van der Waals surface area contributed by atoms with Gasteiger partial charge in [-0.3, -0.25) is 4.79 Å². The normalized spacial score (nSPS) is 17.4. The number of phenols is 1. The van der Waals surface area contributed by atoms with Crippen LogP contribution in [0.2, 0.25) is 0 Å². The molecule has 4 rings (SSSR count). The number of quaternary nitrogens is 1. The first-order valence-electron chi connectivity index (χ1n) is 15.9. The number of carbonyl (C=O) groups is 4. The summed E-state index contributed by atoms with van der Waals surface area (Å²) < 4.78 is 50.8. The molecule has 0 radical (unpaired) electrons. The van der Waals surface area contributed by atoms with Crippen LogP contribution in [0.4, 0.5) is 28.0 Å². The number of likely N-dealkylation sites (tertiary alicyclic amines) is 1. The van der Waals surface area contributed by atoms with Gasteiger partial charge in [0.25, 0.3) is 0 Å². The molecule has 15 heteroatoms. The summed E-state index contributed by atoms with van der Waals surface area (Å²) in [5.41, 5.74) is 2.65. The second-order valence-electron chi connectivity index (χ2n) is 11.9. The van der Waals surface area contributed by atoms with E-state index in [0.717, 1.165) is 54.6 Å². The lowest BCUT2D eigenvalue weighted by Crippen LogP contribution is -2.53. The quantitative estimate of drug-likeness (QED) is 0.126. The highest BCUT2D eigenvalue weighted by atomic mass is 19.4. The first-order chi connectivity index (χ1) is 23.6. The number of esters is 1. The predicted octanol–water partition coefficient (Wildman–Crippen LogP) is 4.05. The first-order valence-corrected chi connectivity index (χ1v) is 15.9. The predicted molar refractivity (Wildman–Crippen MR) is 173 cm³/mol. The van der Waals surface area contributed by atoms with Crippen LogP contribution >= 0.6 is 0 Å². The zero-order chi connectivity index (χ0) is 36.9. The molecule has 3 atom stereocenters. The molecule has 3 amide bonds. The molecule has 11 nitrogen and oxygen atoms in total. The van der Waals surface area contributed by atoms with E-state index in [-0.39, 0.29) is 36.5 Å². The average molecular weight is 705 g/mol. The number of hydrogen-bond acceptors (Lipinski definition) is 7. The van der Waals surface area contributed by atoms with E-state index in [2.05, 4.69) is 22.9 Å². The molecule has 0 aromatic heterocycles. The number of phenolic OH excluding ortho intramolecular Hbond substituents is 1. The SMILES string of the molecule is CCC[N+]1(Cc2ccc(F)cc2)CC[C@H](NC(=O)[C@H](Cc2ccc(O)cc2)NC(=O)Nc2ccc(C(=O)OCC)cc2)C1.O=C([O-])C(F)(F)F. The fourth-order valence-electron chi connectivity index (χ4n) is 5.68.